The van der Waals surface area contributed by atoms with Crippen LogP contribution in [-0.2, 0) is 9.53 Å². The Balaban J connectivity index is 2.84. The molecule has 2 N–H and O–H groups in total. The second kappa shape index (κ2) is 5.40. The third-order valence-electron chi connectivity index (χ3n) is 2.19. The van der Waals surface area contributed by atoms with Gasteiger partial charge in [0.15, 0.2) is 0 Å². The summed E-state index contributed by atoms with van der Waals surface area (Å²) in [6.07, 6.45) is -0.669. The zero-order chi connectivity index (χ0) is 13.0. The summed E-state index contributed by atoms with van der Waals surface area (Å²) in [4.78, 5) is 22.0. The normalized spacial score (nSPS) is 11.9. The summed E-state index contributed by atoms with van der Waals surface area (Å²) in [7, 11) is 1.37. The minimum Gasteiger partial charge on any atom is -0.478 e. The molecule has 92 valence electrons. The molecular formula is C11H12FNO4. The Morgan fingerprint density at radius 3 is 2.59 bits per heavy atom. The highest BCUT2D eigenvalue weighted by Gasteiger charge is 2.14. The monoisotopic (exact) mass is 241 g/mol. The quantitative estimate of drug-likeness (QED) is 0.837. The molecule has 0 aliphatic heterocycles. The van der Waals surface area contributed by atoms with Crippen molar-refractivity contribution in [3.8, 4) is 0 Å². The molecule has 0 saturated heterocycles. The minimum atomic E-state index is -1.36. The second-order valence-corrected chi connectivity index (χ2v) is 3.37. The zero-order valence-corrected chi connectivity index (χ0v) is 9.36. The number of benzene rings is 1. The number of carboxylic acids is 1. The molecule has 0 aliphatic rings. The van der Waals surface area contributed by atoms with Crippen LogP contribution in [-0.4, -0.2) is 30.2 Å². The number of ether oxygens (including phenoxy) is 1. The van der Waals surface area contributed by atoms with Crippen molar-refractivity contribution in [2.75, 3.05) is 12.4 Å². The summed E-state index contributed by atoms with van der Waals surface area (Å²) in [5, 5.41) is 11.0. The van der Waals surface area contributed by atoms with E-state index in [1.165, 1.54) is 20.1 Å². The van der Waals surface area contributed by atoms with Crippen molar-refractivity contribution >= 4 is 17.6 Å². The van der Waals surface area contributed by atoms with E-state index in [-0.39, 0.29) is 5.69 Å². The topological polar surface area (TPSA) is 75.6 Å². The van der Waals surface area contributed by atoms with Crippen molar-refractivity contribution in [2.45, 2.75) is 13.0 Å². The van der Waals surface area contributed by atoms with Gasteiger partial charge >= 0.3 is 5.97 Å². The number of hydrogen-bond acceptors (Lipinski definition) is 3. The summed E-state index contributed by atoms with van der Waals surface area (Å²) in [5.74, 6) is -2.69. The molecule has 6 heteroatoms. The highest BCUT2D eigenvalue weighted by Crippen LogP contribution is 2.15. The first-order valence-corrected chi connectivity index (χ1v) is 4.82. The Bertz CT molecular complexity index is 447. The molecule has 0 spiro atoms. The predicted molar refractivity (Wildman–Crippen MR) is 58.5 cm³/mol. The fourth-order valence-electron chi connectivity index (χ4n) is 1.12. The van der Waals surface area contributed by atoms with Gasteiger partial charge in [-0.1, -0.05) is 0 Å². The number of aromatic carboxylic acids is 1. The average Bonchev–Trinajstić information content (AvgIpc) is 2.27. The van der Waals surface area contributed by atoms with Crippen LogP contribution in [0.15, 0.2) is 18.2 Å². The van der Waals surface area contributed by atoms with E-state index in [9.17, 15) is 14.0 Å². The maximum Gasteiger partial charge on any atom is 0.338 e. The summed E-state index contributed by atoms with van der Waals surface area (Å²) < 4.78 is 18.0. The van der Waals surface area contributed by atoms with E-state index < -0.39 is 29.4 Å². The molecule has 1 unspecified atom stereocenters. The molecule has 0 aliphatic carbocycles. The van der Waals surface area contributed by atoms with Crippen LogP contribution in [0.1, 0.15) is 17.3 Å². The molecule has 1 aromatic carbocycles. The van der Waals surface area contributed by atoms with Gasteiger partial charge in [0.25, 0.3) is 5.91 Å². The smallest absolute Gasteiger partial charge is 0.338 e. The van der Waals surface area contributed by atoms with Crippen molar-refractivity contribution in [3.63, 3.8) is 0 Å². The first-order valence-electron chi connectivity index (χ1n) is 4.82. The maximum atomic E-state index is 13.3. The summed E-state index contributed by atoms with van der Waals surface area (Å²) in [5.41, 5.74) is -0.260. The zero-order valence-electron chi connectivity index (χ0n) is 9.36. The van der Waals surface area contributed by atoms with Gasteiger partial charge in [0.2, 0.25) is 0 Å². The number of rotatable bonds is 4. The molecule has 1 amide bonds. The summed E-state index contributed by atoms with van der Waals surface area (Å²) >= 11 is 0. The van der Waals surface area contributed by atoms with E-state index in [2.05, 4.69) is 5.32 Å². The van der Waals surface area contributed by atoms with Gasteiger partial charge < -0.3 is 15.2 Å². The number of methoxy groups -OCH3 is 1. The van der Waals surface area contributed by atoms with Gasteiger partial charge in [-0.3, -0.25) is 4.79 Å². The van der Waals surface area contributed by atoms with Crippen LogP contribution < -0.4 is 5.32 Å². The van der Waals surface area contributed by atoms with E-state index >= 15 is 0 Å². The Hall–Kier alpha value is -1.95. The lowest BCUT2D eigenvalue weighted by atomic mass is 10.2. The lowest BCUT2D eigenvalue weighted by molar-refractivity contribution is -0.124. The van der Waals surface area contributed by atoms with Crippen LogP contribution in [0.4, 0.5) is 10.1 Å². The van der Waals surface area contributed by atoms with Crippen LogP contribution >= 0.6 is 0 Å². The number of carbonyl (C=O) groups is 2. The first kappa shape index (κ1) is 13.1. The fraction of sp³-hybridized carbons (Fsp3) is 0.273. The van der Waals surface area contributed by atoms with Crippen molar-refractivity contribution in [2.24, 2.45) is 0 Å². The van der Waals surface area contributed by atoms with Gasteiger partial charge in [0.05, 0.1) is 5.56 Å². The molecule has 0 fully saturated rings. The van der Waals surface area contributed by atoms with Crippen LogP contribution in [0.2, 0.25) is 0 Å². The highest BCUT2D eigenvalue weighted by atomic mass is 19.1. The van der Waals surface area contributed by atoms with Crippen LogP contribution in [0.25, 0.3) is 0 Å². The third-order valence-corrected chi connectivity index (χ3v) is 2.19. The number of carboxylic acid groups (broad SMARTS) is 1. The van der Waals surface area contributed by atoms with Crippen LogP contribution in [0.3, 0.4) is 0 Å². The van der Waals surface area contributed by atoms with Crippen molar-refractivity contribution in [3.05, 3.63) is 29.6 Å². The molecule has 1 atom stereocenters. The Morgan fingerprint density at radius 1 is 1.47 bits per heavy atom. The van der Waals surface area contributed by atoms with Gasteiger partial charge in [0, 0.05) is 12.8 Å². The molecule has 5 nitrogen and oxygen atoms in total. The molecule has 17 heavy (non-hydrogen) atoms. The van der Waals surface area contributed by atoms with E-state index in [0.29, 0.717) is 0 Å². The molecule has 0 saturated carbocycles. The average molecular weight is 241 g/mol. The molecule has 0 aromatic heterocycles. The van der Waals surface area contributed by atoms with Crippen molar-refractivity contribution in [1.29, 1.82) is 0 Å². The number of anilines is 1. The molecule has 0 radical (unpaired) electrons. The van der Waals surface area contributed by atoms with E-state index in [0.717, 1.165) is 12.1 Å². The number of halogens is 1. The van der Waals surface area contributed by atoms with Crippen molar-refractivity contribution < 1.29 is 23.8 Å². The minimum absolute atomic E-state index is 0.182. The third kappa shape index (κ3) is 3.25. The van der Waals surface area contributed by atoms with Gasteiger partial charge in [0.1, 0.15) is 11.9 Å². The second-order valence-electron chi connectivity index (χ2n) is 3.37. The summed E-state index contributed by atoms with van der Waals surface area (Å²) in [6, 6.07) is 3.35. The van der Waals surface area contributed by atoms with Gasteiger partial charge in [-0.05, 0) is 25.1 Å². The lowest BCUT2D eigenvalue weighted by Crippen LogP contribution is -2.26. The van der Waals surface area contributed by atoms with E-state index in [1.807, 2.05) is 0 Å². The molecular weight excluding hydrogens is 229 g/mol. The van der Waals surface area contributed by atoms with E-state index in [1.54, 1.807) is 0 Å². The molecule has 0 heterocycles. The maximum absolute atomic E-state index is 13.3. The van der Waals surface area contributed by atoms with Gasteiger partial charge in [-0.2, -0.15) is 0 Å². The standard InChI is InChI=1S/C11H12FNO4/c1-6(17-2)10(14)13-7-3-4-8(11(15)16)9(12)5-7/h3-6H,1-2H3,(H,13,14)(H,15,16). The van der Waals surface area contributed by atoms with Gasteiger partial charge in [-0.15, -0.1) is 0 Å². The molecule has 1 aromatic rings. The number of amides is 1. The lowest BCUT2D eigenvalue weighted by Gasteiger charge is -2.10. The Morgan fingerprint density at radius 2 is 2.12 bits per heavy atom. The predicted octanol–water partition coefficient (Wildman–Crippen LogP) is 1.50. The highest BCUT2D eigenvalue weighted by molar-refractivity contribution is 5.94. The Labute approximate surface area is 97.2 Å². The van der Waals surface area contributed by atoms with Crippen LogP contribution in [0.5, 0.6) is 0 Å². The van der Waals surface area contributed by atoms with Crippen molar-refractivity contribution in [1.82, 2.24) is 0 Å². The molecule has 1 rings (SSSR count). The first-order chi connectivity index (χ1) is 7.95. The Kier molecular flexibility index (Phi) is 4.17. The van der Waals surface area contributed by atoms with E-state index in [4.69, 9.17) is 9.84 Å². The molecule has 0 bridgehead atoms. The number of hydrogen-bond donors (Lipinski definition) is 2. The van der Waals surface area contributed by atoms with Gasteiger partial charge in [-0.25, -0.2) is 9.18 Å². The largest absolute Gasteiger partial charge is 0.478 e. The van der Waals surface area contributed by atoms with Crippen LogP contribution in [0, 0.1) is 5.82 Å². The fourth-order valence-corrected chi connectivity index (χ4v) is 1.12. The summed E-state index contributed by atoms with van der Waals surface area (Å²) in [6.45, 7) is 1.54. The SMILES string of the molecule is COC(C)C(=O)Nc1ccc(C(=O)O)c(F)c1. The number of carbonyl (C=O) groups excluding carboxylic acids is 1. The number of nitrogens with one attached hydrogen (secondary N) is 1.